The molecule has 0 aliphatic heterocycles. The lowest BCUT2D eigenvalue weighted by Crippen LogP contribution is -2.14. The van der Waals surface area contributed by atoms with Crippen LogP contribution in [0.5, 0.6) is 0 Å². The van der Waals surface area contributed by atoms with Crippen molar-refractivity contribution >= 4 is 21.4 Å². The van der Waals surface area contributed by atoms with Crippen molar-refractivity contribution in [3.8, 4) is 0 Å². The van der Waals surface area contributed by atoms with Gasteiger partial charge in [-0.15, -0.1) is 11.3 Å². The minimum Gasteiger partial charge on any atom is -0.319 e. The molecule has 0 radical (unpaired) electrons. The molecule has 0 saturated carbocycles. The van der Waals surface area contributed by atoms with E-state index in [4.69, 9.17) is 5.73 Å². The second-order valence-electron chi connectivity index (χ2n) is 4.45. The summed E-state index contributed by atoms with van der Waals surface area (Å²) in [6.45, 7) is 0. The van der Waals surface area contributed by atoms with Gasteiger partial charge in [0.25, 0.3) is 0 Å². The molecule has 0 spiro atoms. The smallest absolute Gasteiger partial charge is 0.134 e. The Labute approximate surface area is 117 Å². The number of benzene rings is 2. The highest BCUT2D eigenvalue weighted by molar-refractivity contribution is 7.19. The topological polar surface area (TPSA) is 26.0 Å². The molecular formula is C15H10F3NS. The molecule has 20 heavy (non-hydrogen) atoms. The average molecular weight is 293 g/mol. The quantitative estimate of drug-likeness (QED) is 0.746. The molecule has 0 bridgehead atoms. The van der Waals surface area contributed by atoms with E-state index in [1.807, 2.05) is 24.3 Å². The predicted molar refractivity (Wildman–Crippen MR) is 74.2 cm³/mol. The Morgan fingerprint density at radius 1 is 0.950 bits per heavy atom. The molecule has 0 aliphatic carbocycles. The van der Waals surface area contributed by atoms with Gasteiger partial charge in [-0.25, -0.2) is 13.2 Å². The summed E-state index contributed by atoms with van der Waals surface area (Å²) >= 11 is 1.37. The van der Waals surface area contributed by atoms with Crippen LogP contribution in [0.25, 0.3) is 10.1 Å². The van der Waals surface area contributed by atoms with E-state index >= 15 is 0 Å². The van der Waals surface area contributed by atoms with Crippen LogP contribution in [0.3, 0.4) is 0 Å². The molecule has 5 heteroatoms. The Bertz CT molecular complexity index is 726. The van der Waals surface area contributed by atoms with Crippen molar-refractivity contribution in [1.82, 2.24) is 0 Å². The molecule has 2 aromatic carbocycles. The van der Waals surface area contributed by atoms with Gasteiger partial charge in [-0.2, -0.15) is 0 Å². The lowest BCUT2D eigenvalue weighted by molar-refractivity contribution is 0.516. The zero-order chi connectivity index (χ0) is 14.3. The van der Waals surface area contributed by atoms with E-state index in [9.17, 15) is 13.2 Å². The van der Waals surface area contributed by atoms with Crippen LogP contribution in [-0.4, -0.2) is 0 Å². The van der Waals surface area contributed by atoms with Crippen LogP contribution in [0.4, 0.5) is 13.2 Å². The third-order valence-electron chi connectivity index (χ3n) is 3.11. The van der Waals surface area contributed by atoms with E-state index < -0.39 is 23.5 Å². The maximum absolute atomic E-state index is 13.7. The van der Waals surface area contributed by atoms with Crippen molar-refractivity contribution in [2.45, 2.75) is 6.04 Å². The van der Waals surface area contributed by atoms with Crippen LogP contribution in [0.2, 0.25) is 0 Å². The summed E-state index contributed by atoms with van der Waals surface area (Å²) in [5.74, 6) is -2.88. The number of nitrogens with two attached hydrogens (primary N) is 1. The SMILES string of the molecule is NC(c1cc2ccccc2s1)c1c(F)cc(F)cc1F. The van der Waals surface area contributed by atoms with Gasteiger partial charge in [-0.1, -0.05) is 18.2 Å². The third-order valence-corrected chi connectivity index (χ3v) is 4.31. The first kappa shape index (κ1) is 13.1. The van der Waals surface area contributed by atoms with Crippen molar-refractivity contribution in [3.63, 3.8) is 0 Å². The molecule has 3 rings (SSSR count). The van der Waals surface area contributed by atoms with Crippen LogP contribution in [0.15, 0.2) is 42.5 Å². The fourth-order valence-corrected chi connectivity index (χ4v) is 3.22. The molecule has 1 nitrogen and oxygen atoms in total. The van der Waals surface area contributed by atoms with Gasteiger partial charge >= 0.3 is 0 Å². The Morgan fingerprint density at radius 2 is 1.60 bits per heavy atom. The summed E-state index contributed by atoms with van der Waals surface area (Å²) < 4.78 is 41.4. The van der Waals surface area contributed by atoms with Gasteiger partial charge in [-0.05, 0) is 17.5 Å². The standard InChI is InChI=1S/C15H10F3NS/c16-9-6-10(17)14(11(18)7-9)15(19)13-5-8-3-1-2-4-12(8)20-13/h1-7,15H,19H2. The van der Waals surface area contributed by atoms with Gasteiger partial charge in [0.2, 0.25) is 0 Å². The van der Waals surface area contributed by atoms with Gasteiger partial charge in [0.1, 0.15) is 17.5 Å². The normalized spacial score (nSPS) is 12.8. The first-order chi connectivity index (χ1) is 9.56. The van der Waals surface area contributed by atoms with Gasteiger partial charge in [0.05, 0.1) is 6.04 Å². The molecule has 0 fully saturated rings. The van der Waals surface area contributed by atoms with Crippen LogP contribution in [-0.2, 0) is 0 Å². The first-order valence-electron chi connectivity index (χ1n) is 5.95. The van der Waals surface area contributed by atoms with E-state index in [0.717, 1.165) is 10.1 Å². The summed E-state index contributed by atoms with van der Waals surface area (Å²) in [4.78, 5) is 0.635. The number of halogens is 3. The van der Waals surface area contributed by atoms with E-state index in [1.165, 1.54) is 11.3 Å². The largest absolute Gasteiger partial charge is 0.319 e. The zero-order valence-corrected chi connectivity index (χ0v) is 11.1. The van der Waals surface area contributed by atoms with Gasteiger partial charge in [-0.3, -0.25) is 0 Å². The van der Waals surface area contributed by atoms with Crippen molar-refractivity contribution in [2.24, 2.45) is 5.73 Å². The predicted octanol–water partition coefficient (Wildman–Crippen LogP) is 4.37. The number of thiophene rings is 1. The fraction of sp³-hybridized carbons (Fsp3) is 0.0667. The number of hydrogen-bond acceptors (Lipinski definition) is 2. The average Bonchev–Trinajstić information content (AvgIpc) is 2.81. The summed E-state index contributed by atoms with van der Waals surface area (Å²) in [6.07, 6.45) is 0. The third kappa shape index (κ3) is 2.19. The first-order valence-corrected chi connectivity index (χ1v) is 6.76. The molecule has 102 valence electrons. The van der Waals surface area contributed by atoms with Gasteiger partial charge < -0.3 is 5.73 Å². The maximum Gasteiger partial charge on any atom is 0.134 e. The lowest BCUT2D eigenvalue weighted by Gasteiger charge is -2.12. The monoisotopic (exact) mass is 293 g/mol. The molecule has 1 heterocycles. The van der Waals surface area contributed by atoms with E-state index in [1.54, 1.807) is 6.07 Å². The molecule has 2 N–H and O–H groups in total. The molecule has 0 saturated heterocycles. The molecule has 0 aliphatic rings. The lowest BCUT2D eigenvalue weighted by atomic mass is 10.0. The second kappa shape index (κ2) is 4.92. The second-order valence-corrected chi connectivity index (χ2v) is 5.56. The Kier molecular flexibility index (Phi) is 3.23. The Balaban J connectivity index is 2.10. The van der Waals surface area contributed by atoms with Crippen LogP contribution in [0.1, 0.15) is 16.5 Å². The van der Waals surface area contributed by atoms with Crippen molar-refractivity contribution < 1.29 is 13.2 Å². The molecule has 1 unspecified atom stereocenters. The highest BCUT2D eigenvalue weighted by Gasteiger charge is 2.21. The molecule has 1 atom stereocenters. The van der Waals surface area contributed by atoms with Crippen molar-refractivity contribution in [1.29, 1.82) is 0 Å². The summed E-state index contributed by atoms with van der Waals surface area (Å²) in [5, 5.41) is 0.964. The number of hydrogen-bond donors (Lipinski definition) is 1. The van der Waals surface area contributed by atoms with Crippen molar-refractivity contribution in [3.05, 3.63) is 70.4 Å². The van der Waals surface area contributed by atoms with E-state index in [2.05, 4.69) is 0 Å². The van der Waals surface area contributed by atoms with Gasteiger partial charge in [0.15, 0.2) is 0 Å². The maximum atomic E-state index is 13.7. The number of fused-ring (bicyclic) bond motifs is 1. The summed E-state index contributed by atoms with van der Waals surface area (Å²) in [6, 6.07) is 9.71. The minimum absolute atomic E-state index is 0.307. The highest BCUT2D eigenvalue weighted by atomic mass is 32.1. The molecule has 1 aromatic heterocycles. The van der Waals surface area contributed by atoms with E-state index in [-0.39, 0.29) is 5.56 Å². The molecular weight excluding hydrogens is 283 g/mol. The molecule has 3 aromatic rings. The van der Waals surface area contributed by atoms with Crippen molar-refractivity contribution in [2.75, 3.05) is 0 Å². The Hall–Kier alpha value is -1.85. The summed E-state index contributed by atoms with van der Waals surface area (Å²) in [5.41, 5.74) is 5.63. The molecule has 0 amide bonds. The van der Waals surface area contributed by atoms with Crippen LogP contribution in [0, 0.1) is 17.5 Å². The number of rotatable bonds is 2. The van der Waals surface area contributed by atoms with Crippen LogP contribution >= 0.6 is 11.3 Å². The zero-order valence-electron chi connectivity index (χ0n) is 10.2. The Morgan fingerprint density at radius 3 is 2.25 bits per heavy atom. The summed E-state index contributed by atoms with van der Waals surface area (Å²) in [7, 11) is 0. The highest BCUT2D eigenvalue weighted by Crippen LogP contribution is 2.33. The van der Waals surface area contributed by atoms with Crippen LogP contribution < -0.4 is 5.73 Å². The minimum atomic E-state index is -0.965. The van der Waals surface area contributed by atoms with Gasteiger partial charge in [0, 0.05) is 27.3 Å². The fourth-order valence-electron chi connectivity index (χ4n) is 2.15. The van der Waals surface area contributed by atoms with E-state index in [0.29, 0.717) is 17.0 Å².